The molecule has 86 valence electrons. The van der Waals surface area contributed by atoms with Crippen molar-refractivity contribution in [3.63, 3.8) is 0 Å². The molecule has 0 amide bonds. The predicted molar refractivity (Wildman–Crippen MR) is 59.5 cm³/mol. The summed E-state index contributed by atoms with van der Waals surface area (Å²) in [6.07, 6.45) is 0. The lowest BCUT2D eigenvalue weighted by atomic mass is 10.0. The number of nitrogens with two attached hydrogens (primary N) is 1. The van der Waals surface area contributed by atoms with Crippen LogP contribution < -0.4 is 10.5 Å². The molecule has 0 saturated carbocycles. The molecule has 0 fully saturated rings. The maximum atomic E-state index is 11.5. The minimum absolute atomic E-state index is 0.121. The van der Waals surface area contributed by atoms with Gasteiger partial charge in [-0.25, -0.2) is 13.1 Å². The average Bonchev–Trinajstić information content (AvgIpc) is 1.76. The van der Waals surface area contributed by atoms with E-state index in [4.69, 9.17) is 5.73 Å². The van der Waals surface area contributed by atoms with Gasteiger partial charge >= 0.3 is 0 Å². The van der Waals surface area contributed by atoms with Gasteiger partial charge in [-0.2, -0.15) is 0 Å². The summed E-state index contributed by atoms with van der Waals surface area (Å²) in [7, 11) is -3.20. The zero-order chi connectivity index (χ0) is 11.6. The van der Waals surface area contributed by atoms with Crippen LogP contribution in [0.2, 0.25) is 0 Å². The Bertz CT molecular complexity index is 270. The highest BCUT2D eigenvalue weighted by Gasteiger charge is 2.23. The van der Waals surface area contributed by atoms with Crippen LogP contribution in [0.3, 0.4) is 0 Å². The van der Waals surface area contributed by atoms with E-state index in [1.54, 1.807) is 13.8 Å². The highest BCUT2D eigenvalue weighted by molar-refractivity contribution is 7.89. The van der Waals surface area contributed by atoms with Crippen molar-refractivity contribution < 1.29 is 8.42 Å². The number of nitrogens with one attached hydrogen (secondary N) is 1. The third-order valence-electron chi connectivity index (χ3n) is 1.37. The van der Waals surface area contributed by atoms with Crippen LogP contribution in [0.1, 0.15) is 34.6 Å². The van der Waals surface area contributed by atoms with Crippen molar-refractivity contribution in [3.8, 4) is 0 Å². The van der Waals surface area contributed by atoms with Gasteiger partial charge in [-0.1, -0.05) is 20.8 Å². The molecule has 0 aliphatic rings. The molecule has 0 heterocycles. The van der Waals surface area contributed by atoms with Crippen LogP contribution in [-0.4, -0.2) is 26.3 Å². The van der Waals surface area contributed by atoms with Crippen LogP contribution in [0, 0.1) is 5.41 Å². The molecule has 0 unspecified atom stereocenters. The van der Waals surface area contributed by atoms with Crippen LogP contribution in [0.25, 0.3) is 0 Å². The van der Waals surface area contributed by atoms with Crippen molar-refractivity contribution in [2.75, 3.05) is 12.3 Å². The Hall–Kier alpha value is -0.130. The predicted octanol–water partition coefficient (Wildman–Crippen LogP) is 0.689. The van der Waals surface area contributed by atoms with E-state index in [1.165, 1.54) is 0 Å². The van der Waals surface area contributed by atoms with Gasteiger partial charge in [0.25, 0.3) is 0 Å². The lowest BCUT2D eigenvalue weighted by Crippen LogP contribution is -2.46. The molecule has 0 bridgehead atoms. The molecule has 0 atom stereocenters. The summed E-state index contributed by atoms with van der Waals surface area (Å²) in [5, 5.41) is 0. The summed E-state index contributed by atoms with van der Waals surface area (Å²) in [6, 6.07) is 0. The molecule has 0 aromatic rings. The summed E-state index contributed by atoms with van der Waals surface area (Å²) < 4.78 is 25.6. The van der Waals surface area contributed by atoms with Crippen molar-refractivity contribution >= 4 is 10.0 Å². The van der Waals surface area contributed by atoms with Crippen molar-refractivity contribution in [1.82, 2.24) is 4.72 Å². The third-order valence-corrected chi connectivity index (χ3v) is 3.20. The Labute approximate surface area is 87.3 Å². The summed E-state index contributed by atoms with van der Waals surface area (Å²) >= 11 is 0. The Balaban J connectivity index is 4.25. The first-order valence-corrected chi connectivity index (χ1v) is 6.33. The van der Waals surface area contributed by atoms with Gasteiger partial charge in [-0.05, 0) is 19.3 Å². The topological polar surface area (TPSA) is 72.2 Å². The quantitative estimate of drug-likeness (QED) is 0.735. The van der Waals surface area contributed by atoms with Gasteiger partial charge in [-0.3, -0.25) is 0 Å². The second-order valence-electron chi connectivity index (χ2n) is 5.63. The van der Waals surface area contributed by atoms with E-state index in [0.29, 0.717) is 0 Å². The molecule has 0 aromatic heterocycles. The fourth-order valence-electron chi connectivity index (χ4n) is 0.917. The minimum atomic E-state index is -3.20. The minimum Gasteiger partial charge on any atom is -0.324 e. The van der Waals surface area contributed by atoms with Gasteiger partial charge in [0.2, 0.25) is 10.0 Å². The fourth-order valence-corrected chi connectivity index (χ4v) is 2.75. The first kappa shape index (κ1) is 13.9. The van der Waals surface area contributed by atoms with E-state index in [9.17, 15) is 8.42 Å². The van der Waals surface area contributed by atoms with E-state index >= 15 is 0 Å². The van der Waals surface area contributed by atoms with Crippen molar-refractivity contribution in [2.24, 2.45) is 11.1 Å². The lowest BCUT2D eigenvalue weighted by molar-refractivity contribution is 0.449. The van der Waals surface area contributed by atoms with E-state index in [2.05, 4.69) is 4.72 Å². The average molecular weight is 222 g/mol. The maximum Gasteiger partial charge on any atom is 0.212 e. The molecule has 5 heteroatoms. The SMILES string of the molecule is CC(C)(C)CS(=O)(=O)NCC(C)(C)N. The standard InChI is InChI=1S/C9H22N2O2S/c1-8(2,3)7-14(12,13)11-6-9(4,5)10/h11H,6-7,10H2,1-5H3. The van der Waals surface area contributed by atoms with Gasteiger partial charge in [0, 0.05) is 12.1 Å². The van der Waals surface area contributed by atoms with Gasteiger partial charge < -0.3 is 5.73 Å². The Kier molecular flexibility index (Phi) is 4.12. The molecule has 0 aliphatic heterocycles. The highest BCUT2D eigenvalue weighted by atomic mass is 32.2. The third kappa shape index (κ3) is 8.47. The molecule has 0 radical (unpaired) electrons. The van der Waals surface area contributed by atoms with Crippen LogP contribution in [0.4, 0.5) is 0 Å². The van der Waals surface area contributed by atoms with Crippen LogP contribution in [0.15, 0.2) is 0 Å². The van der Waals surface area contributed by atoms with E-state index < -0.39 is 15.6 Å². The zero-order valence-corrected chi connectivity index (χ0v) is 10.5. The summed E-state index contributed by atoms with van der Waals surface area (Å²) in [5.41, 5.74) is 4.94. The monoisotopic (exact) mass is 222 g/mol. The van der Waals surface area contributed by atoms with Gasteiger partial charge in [0.1, 0.15) is 0 Å². The first-order valence-electron chi connectivity index (χ1n) is 4.68. The summed E-state index contributed by atoms with van der Waals surface area (Å²) in [6.45, 7) is 9.50. The smallest absolute Gasteiger partial charge is 0.212 e. The second-order valence-corrected chi connectivity index (χ2v) is 7.44. The molecule has 4 nitrogen and oxygen atoms in total. The fraction of sp³-hybridized carbons (Fsp3) is 1.00. The van der Waals surface area contributed by atoms with Crippen LogP contribution >= 0.6 is 0 Å². The van der Waals surface area contributed by atoms with Gasteiger partial charge in [-0.15, -0.1) is 0 Å². The Morgan fingerprint density at radius 2 is 1.57 bits per heavy atom. The zero-order valence-electron chi connectivity index (χ0n) is 9.72. The molecule has 14 heavy (non-hydrogen) atoms. The Morgan fingerprint density at radius 1 is 1.14 bits per heavy atom. The molecule has 0 saturated heterocycles. The van der Waals surface area contributed by atoms with Crippen LogP contribution in [-0.2, 0) is 10.0 Å². The summed E-state index contributed by atoms with van der Waals surface area (Å²) in [4.78, 5) is 0. The molecule has 0 spiro atoms. The van der Waals surface area contributed by atoms with Crippen molar-refractivity contribution in [1.29, 1.82) is 0 Å². The highest BCUT2D eigenvalue weighted by Crippen LogP contribution is 2.15. The normalized spacial score (nSPS) is 14.4. The lowest BCUT2D eigenvalue weighted by Gasteiger charge is -2.22. The van der Waals surface area contributed by atoms with Gasteiger partial charge in [0.15, 0.2) is 0 Å². The van der Waals surface area contributed by atoms with E-state index in [-0.39, 0.29) is 17.7 Å². The molecule has 0 rings (SSSR count). The van der Waals surface area contributed by atoms with E-state index in [1.807, 2.05) is 20.8 Å². The number of hydrogen-bond donors (Lipinski definition) is 2. The largest absolute Gasteiger partial charge is 0.324 e. The number of sulfonamides is 1. The maximum absolute atomic E-state index is 11.5. The first-order chi connectivity index (χ1) is 5.91. The number of hydrogen-bond acceptors (Lipinski definition) is 3. The second kappa shape index (κ2) is 4.16. The Morgan fingerprint density at radius 3 is 1.86 bits per heavy atom. The molecular formula is C9H22N2O2S. The number of rotatable bonds is 4. The molecular weight excluding hydrogens is 200 g/mol. The van der Waals surface area contributed by atoms with Gasteiger partial charge in [0.05, 0.1) is 5.75 Å². The van der Waals surface area contributed by atoms with Crippen molar-refractivity contribution in [2.45, 2.75) is 40.2 Å². The summed E-state index contributed by atoms with van der Waals surface area (Å²) in [5.74, 6) is 0.121. The van der Waals surface area contributed by atoms with Crippen LogP contribution in [0.5, 0.6) is 0 Å². The van der Waals surface area contributed by atoms with E-state index in [0.717, 1.165) is 0 Å². The molecule has 0 aliphatic carbocycles. The van der Waals surface area contributed by atoms with Crippen molar-refractivity contribution in [3.05, 3.63) is 0 Å². The molecule has 3 N–H and O–H groups in total. The molecule has 0 aromatic carbocycles.